The first-order valence-corrected chi connectivity index (χ1v) is 5.75. The van der Waals surface area contributed by atoms with Crippen LogP contribution in [0.2, 0.25) is 0 Å². The quantitative estimate of drug-likeness (QED) is 0.807. The Morgan fingerprint density at radius 1 is 1.41 bits per heavy atom. The van der Waals surface area contributed by atoms with E-state index in [4.69, 9.17) is 9.47 Å². The lowest BCUT2D eigenvalue weighted by Crippen LogP contribution is -2.41. The molecule has 1 saturated heterocycles. The average Bonchev–Trinajstić information content (AvgIpc) is 2.89. The Labute approximate surface area is 98.1 Å². The molecule has 2 aliphatic heterocycles. The van der Waals surface area contributed by atoms with Crippen molar-refractivity contribution >= 4 is 5.97 Å². The van der Waals surface area contributed by atoms with Gasteiger partial charge >= 0.3 is 5.97 Å². The highest BCUT2D eigenvalue weighted by atomic mass is 16.5. The lowest BCUT2D eigenvalue weighted by atomic mass is 9.77. The van der Waals surface area contributed by atoms with Crippen LogP contribution in [0.4, 0.5) is 0 Å². The molecule has 0 saturated carbocycles. The van der Waals surface area contributed by atoms with Crippen molar-refractivity contribution in [1.29, 1.82) is 0 Å². The van der Waals surface area contributed by atoms with Gasteiger partial charge in [0.05, 0.1) is 12.2 Å². The van der Waals surface area contributed by atoms with E-state index in [9.17, 15) is 9.90 Å². The number of carboxylic acids is 1. The number of carbonyl (C=O) groups is 1. The molecule has 6 heteroatoms. The predicted molar refractivity (Wildman–Crippen MR) is 57.1 cm³/mol. The largest absolute Gasteiger partial charge is 0.481 e. The Kier molecular flexibility index (Phi) is 2.32. The number of aliphatic carboxylic acids is 1. The minimum absolute atomic E-state index is 0.468. The van der Waals surface area contributed by atoms with Crippen LogP contribution >= 0.6 is 0 Å². The molecule has 1 aromatic heterocycles. The lowest BCUT2D eigenvalue weighted by molar-refractivity contribution is -0.148. The molecule has 0 spiro atoms. The number of nitrogens with zero attached hydrogens (tertiary/aromatic N) is 2. The van der Waals surface area contributed by atoms with Crippen molar-refractivity contribution in [2.75, 3.05) is 19.8 Å². The van der Waals surface area contributed by atoms with Crippen molar-refractivity contribution in [1.82, 2.24) is 9.78 Å². The smallest absolute Gasteiger partial charge is 0.315 e. The molecule has 1 fully saturated rings. The summed E-state index contributed by atoms with van der Waals surface area (Å²) < 4.78 is 12.3. The summed E-state index contributed by atoms with van der Waals surface area (Å²) in [5.41, 5.74) is -0.304. The van der Waals surface area contributed by atoms with Gasteiger partial charge in [0.1, 0.15) is 12.0 Å². The van der Waals surface area contributed by atoms with Crippen molar-refractivity contribution in [3.05, 3.63) is 11.8 Å². The van der Waals surface area contributed by atoms with E-state index in [-0.39, 0.29) is 0 Å². The maximum absolute atomic E-state index is 11.6. The molecule has 0 aromatic carbocycles. The van der Waals surface area contributed by atoms with Crippen LogP contribution < -0.4 is 4.74 Å². The van der Waals surface area contributed by atoms with Gasteiger partial charge in [-0.2, -0.15) is 5.10 Å². The third-order valence-corrected chi connectivity index (χ3v) is 3.54. The van der Waals surface area contributed by atoms with Crippen LogP contribution in [0.3, 0.4) is 0 Å². The monoisotopic (exact) mass is 238 g/mol. The van der Waals surface area contributed by atoms with Gasteiger partial charge < -0.3 is 14.6 Å². The van der Waals surface area contributed by atoms with Crippen LogP contribution in [-0.2, 0) is 21.5 Å². The van der Waals surface area contributed by atoms with E-state index < -0.39 is 11.4 Å². The summed E-state index contributed by atoms with van der Waals surface area (Å²) in [6.45, 7) is 2.25. The maximum Gasteiger partial charge on any atom is 0.315 e. The summed E-state index contributed by atoms with van der Waals surface area (Å²) in [6, 6.07) is 1.76. The molecule has 0 bridgehead atoms. The van der Waals surface area contributed by atoms with Gasteiger partial charge in [-0.3, -0.25) is 4.79 Å². The highest BCUT2D eigenvalue weighted by Crippen LogP contribution is 2.36. The number of ether oxygens (including phenoxy) is 2. The van der Waals surface area contributed by atoms with Gasteiger partial charge in [-0.05, 0) is 12.8 Å². The minimum atomic E-state index is -0.904. The second-order valence-electron chi connectivity index (χ2n) is 4.44. The fourth-order valence-corrected chi connectivity index (χ4v) is 2.45. The van der Waals surface area contributed by atoms with Crippen molar-refractivity contribution in [2.24, 2.45) is 0 Å². The highest BCUT2D eigenvalue weighted by molar-refractivity contribution is 5.81. The van der Waals surface area contributed by atoms with E-state index in [1.165, 1.54) is 0 Å². The van der Waals surface area contributed by atoms with Crippen molar-refractivity contribution in [2.45, 2.75) is 24.8 Å². The van der Waals surface area contributed by atoms with Crippen molar-refractivity contribution in [3.63, 3.8) is 0 Å². The maximum atomic E-state index is 11.6. The van der Waals surface area contributed by atoms with Gasteiger partial charge in [0, 0.05) is 19.3 Å². The molecular weight excluding hydrogens is 224 g/mol. The van der Waals surface area contributed by atoms with Crippen LogP contribution in [0.15, 0.2) is 6.07 Å². The number of fused-ring (bicyclic) bond motifs is 1. The first-order valence-electron chi connectivity index (χ1n) is 5.75. The lowest BCUT2D eigenvalue weighted by Gasteiger charge is -2.31. The van der Waals surface area contributed by atoms with Gasteiger partial charge in [-0.25, -0.2) is 4.68 Å². The van der Waals surface area contributed by atoms with Gasteiger partial charge in [0.15, 0.2) is 0 Å². The number of aromatic nitrogens is 2. The van der Waals surface area contributed by atoms with Crippen LogP contribution in [0, 0.1) is 0 Å². The molecule has 0 amide bonds. The average molecular weight is 238 g/mol. The molecule has 17 heavy (non-hydrogen) atoms. The molecule has 3 rings (SSSR count). The second kappa shape index (κ2) is 3.73. The van der Waals surface area contributed by atoms with E-state index >= 15 is 0 Å². The minimum Gasteiger partial charge on any atom is -0.481 e. The number of hydrogen-bond acceptors (Lipinski definition) is 4. The SMILES string of the molecule is O=C(O)C1(c2cc3n(n2)CCO3)CCOCC1. The number of carboxylic acid groups (broad SMARTS) is 1. The van der Waals surface area contributed by atoms with Gasteiger partial charge in [-0.1, -0.05) is 0 Å². The first-order chi connectivity index (χ1) is 8.22. The number of rotatable bonds is 2. The van der Waals surface area contributed by atoms with Crippen LogP contribution in [0.5, 0.6) is 5.88 Å². The zero-order valence-corrected chi connectivity index (χ0v) is 9.39. The van der Waals surface area contributed by atoms with Crippen molar-refractivity contribution < 1.29 is 19.4 Å². The predicted octanol–water partition coefficient (Wildman–Crippen LogP) is 0.408. The summed E-state index contributed by atoms with van der Waals surface area (Å²) in [6.07, 6.45) is 0.942. The molecule has 0 radical (unpaired) electrons. The number of hydrogen-bond donors (Lipinski definition) is 1. The Bertz CT molecular complexity index is 427. The summed E-state index contributed by atoms with van der Waals surface area (Å²) >= 11 is 0. The normalized spacial score (nSPS) is 21.9. The molecule has 1 aromatic rings. The molecule has 0 aliphatic carbocycles. The molecule has 6 nitrogen and oxygen atoms in total. The summed E-state index contributed by atoms with van der Waals surface area (Å²) in [5, 5.41) is 13.9. The first kappa shape index (κ1) is 10.6. The Morgan fingerprint density at radius 3 is 2.82 bits per heavy atom. The third-order valence-electron chi connectivity index (χ3n) is 3.54. The second-order valence-corrected chi connectivity index (χ2v) is 4.44. The Hall–Kier alpha value is -1.56. The summed E-state index contributed by atoms with van der Waals surface area (Å²) in [5.74, 6) is -0.148. The fraction of sp³-hybridized carbons (Fsp3) is 0.636. The molecule has 0 atom stereocenters. The van der Waals surface area contributed by atoms with E-state index in [0.717, 1.165) is 0 Å². The Morgan fingerprint density at radius 2 is 2.18 bits per heavy atom. The van der Waals surface area contributed by atoms with Crippen molar-refractivity contribution in [3.8, 4) is 5.88 Å². The molecule has 1 N–H and O–H groups in total. The third kappa shape index (κ3) is 1.51. The van der Waals surface area contributed by atoms with E-state index in [1.54, 1.807) is 10.7 Å². The van der Waals surface area contributed by atoms with Gasteiger partial charge in [0.25, 0.3) is 0 Å². The Balaban J connectivity index is 2.00. The highest BCUT2D eigenvalue weighted by Gasteiger charge is 2.44. The zero-order valence-electron chi connectivity index (χ0n) is 9.39. The summed E-state index contributed by atoms with van der Waals surface area (Å²) in [4.78, 5) is 11.6. The van der Waals surface area contributed by atoms with E-state index in [2.05, 4.69) is 5.10 Å². The fourth-order valence-electron chi connectivity index (χ4n) is 2.45. The van der Waals surface area contributed by atoms with E-state index in [0.29, 0.717) is 50.8 Å². The molecule has 92 valence electrons. The van der Waals surface area contributed by atoms with E-state index in [1.807, 2.05) is 0 Å². The molecule has 2 aliphatic rings. The van der Waals surface area contributed by atoms with Gasteiger partial charge in [0.2, 0.25) is 5.88 Å². The van der Waals surface area contributed by atoms with Crippen LogP contribution in [0.25, 0.3) is 0 Å². The standard InChI is InChI=1S/C11H14N2O4/c14-10(15)11(1-4-16-5-2-11)8-7-9-13(12-8)3-6-17-9/h7H,1-6H2,(H,14,15). The molecule has 0 unspecified atom stereocenters. The van der Waals surface area contributed by atoms with Crippen LogP contribution in [-0.4, -0.2) is 40.7 Å². The zero-order chi connectivity index (χ0) is 11.9. The van der Waals surface area contributed by atoms with Gasteiger partial charge in [-0.15, -0.1) is 0 Å². The molecular formula is C11H14N2O4. The molecule has 3 heterocycles. The topological polar surface area (TPSA) is 73.6 Å². The summed E-state index contributed by atoms with van der Waals surface area (Å²) in [7, 11) is 0. The van der Waals surface area contributed by atoms with Crippen LogP contribution in [0.1, 0.15) is 18.5 Å².